The third kappa shape index (κ3) is 2.97. The molecule has 1 aliphatic carbocycles. The molecule has 0 bridgehead atoms. The monoisotopic (exact) mass is 239 g/mol. The fourth-order valence-corrected chi connectivity index (χ4v) is 2.43. The summed E-state index contributed by atoms with van der Waals surface area (Å²) in [7, 11) is 0. The van der Waals surface area contributed by atoms with Crippen molar-refractivity contribution < 1.29 is 4.74 Å². The Morgan fingerprint density at radius 1 is 1.38 bits per heavy atom. The van der Waals surface area contributed by atoms with Crippen LogP contribution < -0.4 is 5.73 Å². The van der Waals surface area contributed by atoms with E-state index in [0.717, 1.165) is 23.4 Å². The molecule has 2 nitrogen and oxygen atoms in total. The zero-order valence-electron chi connectivity index (χ0n) is 9.36. The van der Waals surface area contributed by atoms with E-state index in [9.17, 15) is 0 Å². The van der Waals surface area contributed by atoms with Crippen LogP contribution in [0, 0.1) is 0 Å². The second-order valence-corrected chi connectivity index (χ2v) is 4.76. The number of rotatable bonds is 4. The molecule has 0 saturated heterocycles. The molecule has 0 spiro atoms. The van der Waals surface area contributed by atoms with Crippen molar-refractivity contribution >= 4 is 11.6 Å². The van der Waals surface area contributed by atoms with Crippen LogP contribution in [0.4, 0.5) is 0 Å². The second-order valence-electron chi connectivity index (χ2n) is 4.32. The van der Waals surface area contributed by atoms with Crippen molar-refractivity contribution in [3.8, 4) is 0 Å². The van der Waals surface area contributed by atoms with Crippen molar-refractivity contribution in [2.45, 2.75) is 37.9 Å². The number of hydrogen-bond acceptors (Lipinski definition) is 2. The molecular weight excluding hydrogens is 222 g/mol. The lowest BCUT2D eigenvalue weighted by molar-refractivity contribution is -0.00436. The van der Waals surface area contributed by atoms with Gasteiger partial charge >= 0.3 is 0 Å². The molecule has 88 valence electrons. The summed E-state index contributed by atoms with van der Waals surface area (Å²) in [4.78, 5) is 0. The molecule has 1 unspecified atom stereocenters. The highest BCUT2D eigenvalue weighted by atomic mass is 35.5. The Bertz CT molecular complexity index is 336. The molecule has 2 rings (SSSR count). The lowest BCUT2D eigenvalue weighted by Crippen LogP contribution is -2.20. The van der Waals surface area contributed by atoms with Gasteiger partial charge in [-0.05, 0) is 30.5 Å². The predicted molar refractivity (Wildman–Crippen MR) is 66.6 cm³/mol. The van der Waals surface area contributed by atoms with E-state index in [2.05, 4.69) is 0 Å². The maximum atomic E-state index is 6.02. The van der Waals surface area contributed by atoms with E-state index in [1.54, 1.807) is 0 Å². The Morgan fingerprint density at radius 2 is 2.12 bits per heavy atom. The maximum absolute atomic E-state index is 6.02. The van der Waals surface area contributed by atoms with Crippen molar-refractivity contribution in [2.75, 3.05) is 6.54 Å². The van der Waals surface area contributed by atoms with E-state index in [-0.39, 0.29) is 6.10 Å². The van der Waals surface area contributed by atoms with Crippen molar-refractivity contribution in [1.82, 2.24) is 0 Å². The van der Waals surface area contributed by atoms with E-state index in [4.69, 9.17) is 22.1 Å². The number of benzene rings is 1. The van der Waals surface area contributed by atoms with E-state index < -0.39 is 0 Å². The number of halogens is 1. The number of ether oxygens (including phenoxy) is 1. The largest absolute Gasteiger partial charge is 0.369 e. The van der Waals surface area contributed by atoms with Gasteiger partial charge in [0.1, 0.15) is 0 Å². The van der Waals surface area contributed by atoms with E-state index in [1.807, 2.05) is 24.3 Å². The van der Waals surface area contributed by atoms with Gasteiger partial charge in [0.2, 0.25) is 0 Å². The zero-order valence-corrected chi connectivity index (χ0v) is 10.1. The average molecular weight is 240 g/mol. The molecule has 0 aliphatic heterocycles. The Labute approximate surface area is 102 Å². The van der Waals surface area contributed by atoms with Crippen LogP contribution in [0.2, 0.25) is 5.02 Å². The molecule has 1 aromatic carbocycles. The summed E-state index contributed by atoms with van der Waals surface area (Å²) in [5.74, 6) is 0. The van der Waals surface area contributed by atoms with Crippen LogP contribution in [0.3, 0.4) is 0 Å². The third-order valence-electron chi connectivity index (χ3n) is 3.09. The average Bonchev–Trinajstić information content (AvgIpc) is 2.78. The highest BCUT2D eigenvalue weighted by Gasteiger charge is 2.20. The molecule has 0 aromatic heterocycles. The van der Waals surface area contributed by atoms with E-state index in [0.29, 0.717) is 12.6 Å². The van der Waals surface area contributed by atoms with Crippen LogP contribution in [0.5, 0.6) is 0 Å². The third-order valence-corrected chi connectivity index (χ3v) is 3.33. The molecule has 16 heavy (non-hydrogen) atoms. The molecule has 1 saturated carbocycles. The standard InChI is InChI=1S/C13H18ClNO/c14-11-5-3-4-10(8-11)13(9-15)16-12-6-1-2-7-12/h3-5,8,12-13H,1-2,6-7,9,15H2. The molecule has 0 radical (unpaired) electrons. The minimum absolute atomic E-state index is 0.0122. The molecule has 2 N–H and O–H groups in total. The molecule has 3 heteroatoms. The van der Waals surface area contributed by atoms with Gasteiger partial charge in [-0.15, -0.1) is 0 Å². The normalized spacial score (nSPS) is 18.9. The van der Waals surface area contributed by atoms with Crippen LogP contribution in [0.15, 0.2) is 24.3 Å². The number of hydrogen-bond donors (Lipinski definition) is 1. The van der Waals surface area contributed by atoms with Gasteiger partial charge in [-0.3, -0.25) is 0 Å². The van der Waals surface area contributed by atoms with E-state index in [1.165, 1.54) is 12.8 Å². The summed E-state index contributed by atoms with van der Waals surface area (Å²) < 4.78 is 6.02. The van der Waals surface area contributed by atoms with Crippen molar-refractivity contribution in [2.24, 2.45) is 5.73 Å². The Hall–Kier alpha value is -0.570. The zero-order chi connectivity index (χ0) is 11.4. The van der Waals surface area contributed by atoms with Gasteiger partial charge in [-0.1, -0.05) is 36.6 Å². The van der Waals surface area contributed by atoms with Gasteiger partial charge in [0, 0.05) is 11.6 Å². The highest BCUT2D eigenvalue weighted by molar-refractivity contribution is 6.30. The SMILES string of the molecule is NCC(OC1CCCC1)c1cccc(Cl)c1. The fraction of sp³-hybridized carbons (Fsp3) is 0.538. The maximum Gasteiger partial charge on any atom is 0.0951 e. The minimum Gasteiger partial charge on any atom is -0.369 e. The summed E-state index contributed by atoms with van der Waals surface area (Å²) in [6.07, 6.45) is 5.25. The Kier molecular flexibility index (Phi) is 4.22. The van der Waals surface area contributed by atoms with Crippen LogP contribution in [-0.2, 0) is 4.74 Å². The highest BCUT2D eigenvalue weighted by Crippen LogP contribution is 2.28. The summed E-state index contributed by atoms with van der Waals surface area (Å²) >= 11 is 5.97. The molecule has 1 aromatic rings. The van der Waals surface area contributed by atoms with Gasteiger partial charge in [0.05, 0.1) is 12.2 Å². The van der Waals surface area contributed by atoms with Gasteiger partial charge in [-0.2, -0.15) is 0 Å². The van der Waals surface area contributed by atoms with Gasteiger partial charge in [-0.25, -0.2) is 0 Å². The van der Waals surface area contributed by atoms with Gasteiger partial charge in [0.15, 0.2) is 0 Å². The first-order chi connectivity index (χ1) is 7.79. The lowest BCUT2D eigenvalue weighted by Gasteiger charge is -2.21. The molecule has 0 heterocycles. The van der Waals surface area contributed by atoms with Gasteiger partial charge in [0.25, 0.3) is 0 Å². The van der Waals surface area contributed by atoms with Crippen LogP contribution in [-0.4, -0.2) is 12.6 Å². The van der Waals surface area contributed by atoms with Gasteiger partial charge < -0.3 is 10.5 Å². The predicted octanol–water partition coefficient (Wildman–Crippen LogP) is 3.30. The Morgan fingerprint density at radius 3 is 2.75 bits per heavy atom. The minimum atomic E-state index is -0.0122. The molecule has 1 fully saturated rings. The van der Waals surface area contributed by atoms with Crippen LogP contribution >= 0.6 is 11.6 Å². The van der Waals surface area contributed by atoms with Crippen molar-refractivity contribution in [3.05, 3.63) is 34.9 Å². The molecular formula is C13H18ClNO. The van der Waals surface area contributed by atoms with Crippen molar-refractivity contribution in [1.29, 1.82) is 0 Å². The summed E-state index contributed by atoms with van der Waals surface area (Å²) in [6.45, 7) is 0.511. The summed E-state index contributed by atoms with van der Waals surface area (Å²) in [6, 6.07) is 7.78. The molecule has 1 atom stereocenters. The smallest absolute Gasteiger partial charge is 0.0951 e. The van der Waals surface area contributed by atoms with Crippen LogP contribution in [0.1, 0.15) is 37.4 Å². The summed E-state index contributed by atoms with van der Waals surface area (Å²) in [5.41, 5.74) is 6.85. The van der Waals surface area contributed by atoms with Crippen molar-refractivity contribution in [3.63, 3.8) is 0 Å². The van der Waals surface area contributed by atoms with E-state index >= 15 is 0 Å². The first kappa shape index (κ1) is 11.9. The fourth-order valence-electron chi connectivity index (χ4n) is 2.23. The second kappa shape index (κ2) is 5.67. The Balaban J connectivity index is 2.03. The quantitative estimate of drug-likeness (QED) is 0.875. The molecule has 0 amide bonds. The summed E-state index contributed by atoms with van der Waals surface area (Å²) in [5, 5.41) is 0.742. The topological polar surface area (TPSA) is 35.2 Å². The lowest BCUT2D eigenvalue weighted by atomic mass is 10.1. The first-order valence-corrected chi connectivity index (χ1v) is 6.28. The van der Waals surface area contributed by atoms with Crippen LogP contribution in [0.25, 0.3) is 0 Å². The first-order valence-electron chi connectivity index (χ1n) is 5.90. The number of nitrogens with two attached hydrogens (primary N) is 1. The molecule has 1 aliphatic rings.